The second-order valence-corrected chi connectivity index (χ2v) is 13.3. The molecule has 1 unspecified atom stereocenters. The van der Waals surface area contributed by atoms with E-state index in [9.17, 15) is 22.8 Å². The van der Waals surface area contributed by atoms with E-state index in [1.807, 2.05) is 0 Å². The van der Waals surface area contributed by atoms with Crippen molar-refractivity contribution in [1.29, 1.82) is 0 Å². The first kappa shape index (κ1) is 31.6. The van der Waals surface area contributed by atoms with E-state index in [1.54, 1.807) is 35.2 Å². The number of rotatable bonds is 10. The number of nitrogens with one attached hydrogen (secondary N) is 2. The Balaban J connectivity index is 1.12. The normalized spacial score (nSPS) is 16.7. The van der Waals surface area contributed by atoms with E-state index in [0.717, 1.165) is 28.1 Å². The molecule has 2 N–H and O–H groups in total. The lowest BCUT2D eigenvalue weighted by molar-refractivity contribution is -0.132. The highest BCUT2D eigenvalue weighted by atomic mass is 32.2. The van der Waals surface area contributed by atoms with Crippen LogP contribution in [0, 0.1) is 11.7 Å². The molecule has 0 spiro atoms. The van der Waals surface area contributed by atoms with Crippen LogP contribution in [0.4, 0.5) is 32.2 Å². The summed E-state index contributed by atoms with van der Waals surface area (Å²) in [5, 5.41) is 5.55. The smallest absolute Gasteiger partial charge is 0.331 e. The van der Waals surface area contributed by atoms with Crippen molar-refractivity contribution in [1.82, 2.24) is 19.2 Å². The minimum absolute atomic E-state index is 0.0291. The number of carbonyl (C=O) groups excluding carboxylic acids is 3. The Hall–Kier alpha value is -5.41. The minimum Gasteiger partial charge on any atom is -0.454 e. The van der Waals surface area contributed by atoms with Crippen LogP contribution in [0.2, 0.25) is 0 Å². The van der Waals surface area contributed by atoms with Crippen molar-refractivity contribution in [3.05, 3.63) is 91.0 Å². The average Bonchev–Trinajstić information content (AvgIpc) is 3.89. The number of urea groups is 1. The molecule has 1 atom stereocenters. The average molecular weight is 660 g/mol. The van der Waals surface area contributed by atoms with Gasteiger partial charge >= 0.3 is 6.03 Å². The summed E-state index contributed by atoms with van der Waals surface area (Å²) in [6.45, 7) is -0.0611. The summed E-state index contributed by atoms with van der Waals surface area (Å²) < 4.78 is 46.5. The van der Waals surface area contributed by atoms with Gasteiger partial charge in [-0.15, -0.1) is 0 Å². The molecule has 1 saturated heterocycles. The third kappa shape index (κ3) is 6.76. The molecular weight excluding hydrogens is 629 g/mol. The third-order valence-corrected chi connectivity index (χ3v) is 9.38. The fourth-order valence-corrected chi connectivity index (χ4v) is 5.79. The van der Waals surface area contributed by atoms with Gasteiger partial charge in [-0.25, -0.2) is 36.8 Å². The van der Waals surface area contributed by atoms with E-state index < -0.39 is 39.6 Å². The Morgan fingerprint density at radius 3 is 2.40 bits per heavy atom. The highest BCUT2D eigenvalue weighted by Crippen LogP contribution is 2.34. The zero-order chi connectivity index (χ0) is 33.3. The first-order chi connectivity index (χ1) is 22.5. The molecule has 2 aromatic carbocycles. The lowest BCUT2D eigenvalue weighted by Gasteiger charge is -2.38. The van der Waals surface area contributed by atoms with Crippen LogP contribution in [0.25, 0.3) is 0 Å². The fourth-order valence-electron chi connectivity index (χ4n) is 4.94. The number of amides is 4. The Bertz CT molecular complexity index is 1940. The number of nitrogens with zero attached hydrogens (tertiary/aromatic N) is 5. The number of ether oxygens (including phenoxy) is 1. The van der Waals surface area contributed by atoms with Gasteiger partial charge in [-0.3, -0.25) is 9.59 Å². The number of benzene rings is 2. The molecule has 4 amide bonds. The van der Waals surface area contributed by atoms with Gasteiger partial charge in [0.05, 0.1) is 5.69 Å². The van der Waals surface area contributed by atoms with Crippen molar-refractivity contribution in [3.63, 3.8) is 0 Å². The van der Waals surface area contributed by atoms with Crippen molar-refractivity contribution in [2.24, 2.45) is 5.92 Å². The molecule has 0 radical (unpaired) electrons. The summed E-state index contributed by atoms with van der Waals surface area (Å²) in [7, 11) is -0.780. The van der Waals surface area contributed by atoms with Gasteiger partial charge in [0, 0.05) is 56.9 Å². The van der Waals surface area contributed by atoms with Gasteiger partial charge in [0.15, 0.2) is 11.6 Å². The Morgan fingerprint density at radius 2 is 1.74 bits per heavy atom. The molecule has 2 aromatic heterocycles. The molecule has 242 valence electrons. The first-order valence-corrected chi connectivity index (χ1v) is 16.0. The molecule has 15 heteroatoms. The SMILES string of the molecule is CN(C)S(=O)(=O)c1ccc(Nc2cc(Oc3ccc(NC(=O)C4CN(C5CC5)C(=O)N(c5ccccc5)C4=O)cc3F)ccn2)nc1. The molecule has 1 saturated carbocycles. The van der Waals surface area contributed by atoms with Crippen molar-refractivity contribution in [2.75, 3.05) is 36.2 Å². The van der Waals surface area contributed by atoms with Crippen molar-refractivity contribution < 1.29 is 31.9 Å². The summed E-state index contributed by atoms with van der Waals surface area (Å²) in [6.07, 6.45) is 4.25. The van der Waals surface area contributed by atoms with Gasteiger partial charge in [0.25, 0.3) is 0 Å². The summed E-state index contributed by atoms with van der Waals surface area (Å²) in [6, 6.07) is 17.7. The number of sulfonamides is 1. The van der Waals surface area contributed by atoms with Gasteiger partial charge in [0.2, 0.25) is 21.8 Å². The van der Waals surface area contributed by atoms with Crippen LogP contribution in [0.15, 0.2) is 90.1 Å². The maximum Gasteiger partial charge on any atom is 0.331 e. The van der Waals surface area contributed by atoms with E-state index in [2.05, 4.69) is 20.6 Å². The lowest BCUT2D eigenvalue weighted by atomic mass is 10.0. The van der Waals surface area contributed by atoms with Gasteiger partial charge in [0.1, 0.15) is 28.2 Å². The quantitative estimate of drug-likeness (QED) is 0.233. The number of halogens is 1. The monoisotopic (exact) mass is 659 g/mol. The van der Waals surface area contributed by atoms with Gasteiger partial charge in [-0.1, -0.05) is 18.2 Å². The second kappa shape index (κ2) is 12.8. The van der Waals surface area contributed by atoms with Crippen molar-refractivity contribution >= 4 is 50.9 Å². The minimum atomic E-state index is -3.63. The molecule has 2 fully saturated rings. The largest absolute Gasteiger partial charge is 0.454 e. The molecule has 0 bridgehead atoms. The fraction of sp³-hybridized carbons (Fsp3) is 0.219. The Labute approximate surface area is 270 Å². The van der Waals surface area contributed by atoms with Gasteiger partial charge < -0.3 is 20.3 Å². The Kier molecular flexibility index (Phi) is 8.58. The molecule has 47 heavy (non-hydrogen) atoms. The number of imide groups is 1. The number of pyridine rings is 2. The maximum absolute atomic E-state index is 15.2. The number of anilines is 4. The highest BCUT2D eigenvalue weighted by Gasteiger charge is 2.48. The molecule has 1 aliphatic heterocycles. The van der Waals surface area contributed by atoms with E-state index in [-0.39, 0.29) is 34.7 Å². The summed E-state index contributed by atoms with van der Waals surface area (Å²) >= 11 is 0. The number of carbonyl (C=O) groups is 3. The standard InChI is InChI=1S/C32H30FN7O6S/c1-38(2)47(44,45)24-11-13-28(35-18-24)37-29-17-23(14-15-34-29)46-27-12-8-20(16-26(27)33)36-30(41)25-19-39(21-9-10-21)32(43)40(31(25)42)22-6-4-3-5-7-22/h3-8,11-18,21,25H,9-10,19H2,1-2H3,(H,36,41)(H,34,35,37). The van der Waals surface area contributed by atoms with E-state index in [4.69, 9.17) is 4.74 Å². The Morgan fingerprint density at radius 1 is 0.979 bits per heavy atom. The van der Waals surface area contributed by atoms with Crippen LogP contribution >= 0.6 is 0 Å². The second-order valence-electron chi connectivity index (χ2n) is 11.1. The predicted molar refractivity (Wildman–Crippen MR) is 170 cm³/mol. The topological polar surface area (TPSA) is 154 Å². The molecule has 4 aromatic rings. The van der Waals surface area contributed by atoms with Crippen LogP contribution in [0.5, 0.6) is 11.5 Å². The number of aromatic nitrogens is 2. The predicted octanol–water partition coefficient (Wildman–Crippen LogP) is 4.59. The molecule has 2 aliphatic rings. The van der Waals surface area contributed by atoms with E-state index >= 15 is 4.39 Å². The number of hydrogen-bond acceptors (Lipinski definition) is 9. The van der Waals surface area contributed by atoms with Crippen LogP contribution in [-0.4, -0.2) is 72.1 Å². The van der Waals surface area contributed by atoms with E-state index in [1.165, 1.54) is 62.9 Å². The maximum atomic E-state index is 15.2. The van der Waals surface area contributed by atoms with Crippen molar-refractivity contribution in [2.45, 2.75) is 23.8 Å². The van der Waals surface area contributed by atoms with Crippen molar-refractivity contribution in [3.8, 4) is 11.5 Å². The lowest BCUT2D eigenvalue weighted by Crippen LogP contribution is -2.60. The third-order valence-electron chi connectivity index (χ3n) is 7.58. The molecular formula is C32H30FN7O6S. The van der Waals surface area contributed by atoms with Crippen LogP contribution in [0.3, 0.4) is 0 Å². The number of hydrogen-bond donors (Lipinski definition) is 2. The van der Waals surface area contributed by atoms with Gasteiger partial charge in [-0.2, -0.15) is 0 Å². The zero-order valence-corrected chi connectivity index (χ0v) is 26.1. The van der Waals surface area contributed by atoms with Gasteiger partial charge in [-0.05, 0) is 55.3 Å². The molecule has 6 rings (SSSR count). The summed E-state index contributed by atoms with van der Waals surface area (Å²) in [5.41, 5.74) is 0.481. The molecule has 1 aliphatic carbocycles. The van der Waals surface area contributed by atoms with Crippen LogP contribution in [0.1, 0.15) is 12.8 Å². The van der Waals surface area contributed by atoms with Crippen LogP contribution < -0.4 is 20.3 Å². The zero-order valence-electron chi connectivity index (χ0n) is 25.3. The molecule has 3 heterocycles. The molecule has 13 nitrogen and oxygen atoms in total. The highest BCUT2D eigenvalue weighted by molar-refractivity contribution is 7.89. The van der Waals surface area contributed by atoms with Crippen LogP contribution in [-0.2, 0) is 19.6 Å². The number of para-hydroxylation sites is 1. The van der Waals surface area contributed by atoms with E-state index in [0.29, 0.717) is 17.3 Å². The first-order valence-electron chi connectivity index (χ1n) is 14.6. The summed E-state index contributed by atoms with van der Waals surface area (Å²) in [4.78, 5) is 50.8. The summed E-state index contributed by atoms with van der Waals surface area (Å²) in [5.74, 6) is -2.53.